The van der Waals surface area contributed by atoms with E-state index in [2.05, 4.69) is 15.3 Å². The first kappa shape index (κ1) is 13.7. The first-order chi connectivity index (χ1) is 9.16. The summed E-state index contributed by atoms with van der Waals surface area (Å²) in [6.45, 7) is 4.40. The maximum absolute atomic E-state index is 11.4. The molecule has 1 N–H and O–H groups in total. The molecule has 1 amide bonds. The maximum Gasteiger partial charge on any atom is 0.222 e. The zero-order valence-electron chi connectivity index (χ0n) is 11.1. The normalized spacial score (nSPS) is 10.7. The molecular weight excluding hydrogens is 258 g/mol. The molecule has 0 fully saturated rings. The van der Waals surface area contributed by atoms with E-state index in [1.165, 1.54) is 0 Å². The Labute approximate surface area is 116 Å². The van der Waals surface area contributed by atoms with E-state index < -0.39 is 0 Å². The van der Waals surface area contributed by atoms with E-state index in [9.17, 15) is 4.79 Å². The van der Waals surface area contributed by atoms with Crippen molar-refractivity contribution >= 4 is 17.2 Å². The molecule has 2 rings (SSSR count). The molecule has 2 aromatic rings. The van der Waals surface area contributed by atoms with Gasteiger partial charge in [0.15, 0.2) is 0 Å². The van der Waals surface area contributed by atoms with Crippen molar-refractivity contribution in [3.8, 4) is 10.7 Å². The Kier molecular flexibility index (Phi) is 4.63. The van der Waals surface area contributed by atoms with Crippen molar-refractivity contribution in [2.24, 2.45) is 5.92 Å². The fourth-order valence-electron chi connectivity index (χ4n) is 1.55. The van der Waals surface area contributed by atoms with Crippen LogP contribution in [-0.2, 0) is 11.2 Å². The SMILES string of the molecule is CC(C)C(=O)NCCc1csc(-c2ccccn2)n1. The van der Waals surface area contributed by atoms with Crippen molar-refractivity contribution in [1.82, 2.24) is 15.3 Å². The van der Waals surface area contributed by atoms with Crippen LogP contribution in [0.5, 0.6) is 0 Å². The minimum Gasteiger partial charge on any atom is -0.355 e. The van der Waals surface area contributed by atoms with Gasteiger partial charge in [-0.15, -0.1) is 11.3 Å². The van der Waals surface area contributed by atoms with Crippen LogP contribution < -0.4 is 5.32 Å². The average Bonchev–Trinajstić information content (AvgIpc) is 2.88. The lowest BCUT2D eigenvalue weighted by atomic mass is 10.2. The van der Waals surface area contributed by atoms with Gasteiger partial charge >= 0.3 is 0 Å². The molecule has 0 radical (unpaired) electrons. The highest BCUT2D eigenvalue weighted by atomic mass is 32.1. The lowest BCUT2D eigenvalue weighted by Gasteiger charge is -2.05. The first-order valence-corrected chi connectivity index (χ1v) is 7.18. The number of carbonyl (C=O) groups is 1. The first-order valence-electron chi connectivity index (χ1n) is 6.30. The molecule has 0 aromatic carbocycles. The van der Waals surface area contributed by atoms with Gasteiger partial charge in [-0.1, -0.05) is 19.9 Å². The predicted octanol–water partition coefficient (Wildman–Crippen LogP) is 2.52. The average molecular weight is 275 g/mol. The second-order valence-corrected chi connectivity index (χ2v) is 5.41. The van der Waals surface area contributed by atoms with Crippen LogP contribution in [0.2, 0.25) is 0 Å². The smallest absolute Gasteiger partial charge is 0.222 e. The summed E-state index contributed by atoms with van der Waals surface area (Å²) in [4.78, 5) is 20.2. The molecule has 0 atom stereocenters. The second-order valence-electron chi connectivity index (χ2n) is 4.55. The monoisotopic (exact) mass is 275 g/mol. The van der Waals surface area contributed by atoms with Crippen molar-refractivity contribution in [2.75, 3.05) is 6.54 Å². The lowest BCUT2D eigenvalue weighted by molar-refractivity contribution is -0.123. The molecule has 19 heavy (non-hydrogen) atoms. The Morgan fingerprint density at radius 3 is 2.95 bits per heavy atom. The number of pyridine rings is 1. The van der Waals surface area contributed by atoms with Crippen molar-refractivity contribution < 1.29 is 4.79 Å². The summed E-state index contributed by atoms with van der Waals surface area (Å²) in [7, 11) is 0. The third-order valence-electron chi connectivity index (χ3n) is 2.64. The van der Waals surface area contributed by atoms with E-state index in [0.717, 1.165) is 22.8 Å². The Bertz CT molecular complexity index is 537. The quantitative estimate of drug-likeness (QED) is 0.912. The van der Waals surface area contributed by atoms with E-state index in [1.54, 1.807) is 17.5 Å². The number of hydrogen-bond donors (Lipinski definition) is 1. The summed E-state index contributed by atoms with van der Waals surface area (Å²) < 4.78 is 0. The summed E-state index contributed by atoms with van der Waals surface area (Å²) >= 11 is 1.58. The lowest BCUT2D eigenvalue weighted by Crippen LogP contribution is -2.29. The molecule has 0 aliphatic rings. The summed E-state index contributed by atoms with van der Waals surface area (Å²) in [6, 6.07) is 5.79. The van der Waals surface area contributed by atoms with Crippen LogP contribution in [0.1, 0.15) is 19.5 Å². The highest BCUT2D eigenvalue weighted by Crippen LogP contribution is 2.21. The molecule has 0 saturated carbocycles. The van der Waals surface area contributed by atoms with E-state index in [1.807, 2.05) is 37.4 Å². The zero-order chi connectivity index (χ0) is 13.7. The van der Waals surface area contributed by atoms with E-state index in [0.29, 0.717) is 6.54 Å². The van der Waals surface area contributed by atoms with Crippen LogP contribution in [0, 0.1) is 5.92 Å². The molecule has 2 heterocycles. The Balaban J connectivity index is 1.90. The van der Waals surface area contributed by atoms with Gasteiger partial charge in [0.25, 0.3) is 0 Å². The van der Waals surface area contributed by atoms with E-state index in [-0.39, 0.29) is 11.8 Å². The molecule has 0 aliphatic heterocycles. The molecule has 2 aromatic heterocycles. The fraction of sp³-hybridized carbons (Fsp3) is 0.357. The van der Waals surface area contributed by atoms with Gasteiger partial charge in [-0.3, -0.25) is 9.78 Å². The molecule has 100 valence electrons. The third kappa shape index (κ3) is 3.86. The number of aromatic nitrogens is 2. The minimum absolute atomic E-state index is 0.0273. The van der Waals surface area contributed by atoms with Crippen molar-refractivity contribution in [2.45, 2.75) is 20.3 Å². The molecule has 0 bridgehead atoms. The van der Waals surface area contributed by atoms with Gasteiger partial charge in [-0.25, -0.2) is 4.98 Å². The summed E-state index contributed by atoms with van der Waals surface area (Å²) in [6.07, 6.45) is 2.51. The van der Waals surface area contributed by atoms with Crippen LogP contribution in [0.3, 0.4) is 0 Å². The van der Waals surface area contributed by atoms with Crippen molar-refractivity contribution in [3.63, 3.8) is 0 Å². The van der Waals surface area contributed by atoms with Gasteiger partial charge in [0.05, 0.1) is 11.4 Å². The van der Waals surface area contributed by atoms with Crippen LogP contribution in [0.25, 0.3) is 10.7 Å². The fourth-order valence-corrected chi connectivity index (χ4v) is 2.38. The standard InChI is InChI=1S/C14H17N3OS/c1-10(2)13(18)16-8-6-11-9-19-14(17-11)12-5-3-4-7-15-12/h3-5,7,9-10H,6,8H2,1-2H3,(H,16,18). The number of hydrogen-bond acceptors (Lipinski definition) is 4. The highest BCUT2D eigenvalue weighted by molar-refractivity contribution is 7.13. The van der Waals surface area contributed by atoms with Crippen LogP contribution in [-0.4, -0.2) is 22.4 Å². The highest BCUT2D eigenvalue weighted by Gasteiger charge is 2.08. The summed E-state index contributed by atoms with van der Waals surface area (Å²) in [5.74, 6) is 0.111. The second kappa shape index (κ2) is 6.43. The molecular formula is C14H17N3OS. The number of nitrogens with one attached hydrogen (secondary N) is 1. The van der Waals surface area contributed by atoms with E-state index >= 15 is 0 Å². The number of carbonyl (C=O) groups excluding carboxylic acids is 1. The van der Waals surface area contributed by atoms with Crippen molar-refractivity contribution in [1.29, 1.82) is 0 Å². The molecule has 5 heteroatoms. The van der Waals surface area contributed by atoms with Gasteiger partial charge in [0.2, 0.25) is 5.91 Å². The van der Waals surface area contributed by atoms with Gasteiger partial charge in [0, 0.05) is 30.5 Å². The largest absolute Gasteiger partial charge is 0.355 e. The number of thiazole rings is 1. The van der Waals surface area contributed by atoms with Gasteiger partial charge < -0.3 is 5.32 Å². The van der Waals surface area contributed by atoms with Gasteiger partial charge in [-0.2, -0.15) is 0 Å². The molecule has 0 aliphatic carbocycles. The minimum atomic E-state index is 0.0273. The maximum atomic E-state index is 11.4. The topological polar surface area (TPSA) is 54.9 Å². The number of nitrogens with zero attached hydrogens (tertiary/aromatic N) is 2. The number of rotatable bonds is 5. The van der Waals surface area contributed by atoms with Crippen molar-refractivity contribution in [3.05, 3.63) is 35.5 Å². The van der Waals surface area contributed by atoms with Gasteiger partial charge in [-0.05, 0) is 12.1 Å². The third-order valence-corrected chi connectivity index (χ3v) is 3.55. The Morgan fingerprint density at radius 2 is 2.26 bits per heavy atom. The van der Waals surface area contributed by atoms with Crippen LogP contribution in [0.15, 0.2) is 29.8 Å². The van der Waals surface area contributed by atoms with Gasteiger partial charge in [0.1, 0.15) is 5.01 Å². The molecule has 0 unspecified atom stereocenters. The summed E-state index contributed by atoms with van der Waals surface area (Å²) in [5.41, 5.74) is 1.89. The molecule has 0 spiro atoms. The van der Waals surface area contributed by atoms with E-state index in [4.69, 9.17) is 0 Å². The summed E-state index contributed by atoms with van der Waals surface area (Å²) in [5, 5.41) is 5.83. The van der Waals surface area contributed by atoms with Crippen LogP contribution in [0.4, 0.5) is 0 Å². The Morgan fingerprint density at radius 1 is 1.42 bits per heavy atom. The zero-order valence-corrected chi connectivity index (χ0v) is 11.9. The number of amides is 1. The Hall–Kier alpha value is -1.75. The molecule has 0 saturated heterocycles. The predicted molar refractivity (Wildman–Crippen MR) is 76.9 cm³/mol. The molecule has 4 nitrogen and oxygen atoms in total. The van der Waals surface area contributed by atoms with Crippen LogP contribution >= 0.6 is 11.3 Å².